The number of thiol groups is 1. The smallest absolute Gasteiger partial charge is 0.120 e. The van der Waals surface area contributed by atoms with Crippen LogP contribution in [0.15, 0.2) is 18.2 Å². The highest BCUT2D eigenvalue weighted by atomic mass is 32.1. The molecule has 2 nitrogen and oxygen atoms in total. The van der Waals surface area contributed by atoms with Gasteiger partial charge in [-0.25, -0.2) is 0 Å². The molecule has 0 bridgehead atoms. The molecule has 66 valence electrons. The van der Waals surface area contributed by atoms with Gasteiger partial charge in [0.15, 0.2) is 0 Å². The van der Waals surface area contributed by atoms with Gasteiger partial charge in [-0.1, -0.05) is 0 Å². The summed E-state index contributed by atoms with van der Waals surface area (Å²) in [5.41, 5.74) is 0.790. The van der Waals surface area contributed by atoms with E-state index in [1.165, 1.54) is 0 Å². The maximum atomic E-state index is 9.40. The first-order valence-electron chi connectivity index (χ1n) is 3.70. The molecule has 1 aromatic rings. The first kappa shape index (κ1) is 9.26. The van der Waals surface area contributed by atoms with Crippen LogP contribution in [0.4, 0.5) is 0 Å². The molecule has 3 heteroatoms. The molecule has 0 fully saturated rings. The van der Waals surface area contributed by atoms with E-state index in [-0.39, 0.29) is 11.0 Å². The lowest BCUT2D eigenvalue weighted by atomic mass is 10.1. The second-order valence-electron chi connectivity index (χ2n) is 2.60. The zero-order chi connectivity index (χ0) is 9.14. The van der Waals surface area contributed by atoms with E-state index in [9.17, 15) is 5.11 Å². The van der Waals surface area contributed by atoms with E-state index in [1.807, 2.05) is 6.92 Å². The highest BCUT2D eigenvalue weighted by molar-refractivity contribution is 7.80. The standard InChI is InChI=1S/C9H12O2S/c1-6(12)8-5-7(11-2)3-4-9(8)10/h3-6,10,12H,1-2H3. The summed E-state index contributed by atoms with van der Waals surface area (Å²) in [6.45, 7) is 1.90. The van der Waals surface area contributed by atoms with Crippen molar-refractivity contribution in [2.75, 3.05) is 7.11 Å². The van der Waals surface area contributed by atoms with E-state index in [4.69, 9.17) is 4.74 Å². The Kier molecular flexibility index (Phi) is 2.87. The van der Waals surface area contributed by atoms with Crippen molar-refractivity contribution in [3.05, 3.63) is 23.8 Å². The number of benzene rings is 1. The van der Waals surface area contributed by atoms with E-state index in [2.05, 4.69) is 12.6 Å². The lowest BCUT2D eigenvalue weighted by Crippen LogP contribution is -1.88. The third kappa shape index (κ3) is 1.85. The molecule has 12 heavy (non-hydrogen) atoms. The van der Waals surface area contributed by atoms with Crippen molar-refractivity contribution in [2.45, 2.75) is 12.2 Å². The Hall–Kier alpha value is -0.830. The van der Waals surface area contributed by atoms with Gasteiger partial charge < -0.3 is 9.84 Å². The Morgan fingerprint density at radius 1 is 1.50 bits per heavy atom. The maximum Gasteiger partial charge on any atom is 0.120 e. The van der Waals surface area contributed by atoms with E-state index in [1.54, 1.807) is 25.3 Å². The van der Waals surface area contributed by atoms with E-state index in [0.29, 0.717) is 0 Å². The Morgan fingerprint density at radius 3 is 2.67 bits per heavy atom. The van der Waals surface area contributed by atoms with Crippen LogP contribution < -0.4 is 4.74 Å². The SMILES string of the molecule is COc1ccc(O)c(C(C)S)c1. The largest absolute Gasteiger partial charge is 0.508 e. The normalized spacial score (nSPS) is 12.6. The molecule has 0 heterocycles. The van der Waals surface area contributed by atoms with Crippen LogP contribution in [-0.4, -0.2) is 12.2 Å². The van der Waals surface area contributed by atoms with E-state index < -0.39 is 0 Å². The zero-order valence-corrected chi connectivity index (χ0v) is 8.01. The summed E-state index contributed by atoms with van der Waals surface area (Å²) in [6, 6.07) is 5.11. The highest BCUT2D eigenvalue weighted by Gasteiger charge is 2.06. The predicted molar refractivity (Wildman–Crippen MR) is 52.1 cm³/mol. The van der Waals surface area contributed by atoms with Crippen molar-refractivity contribution in [1.82, 2.24) is 0 Å². The number of rotatable bonds is 2. The lowest BCUT2D eigenvalue weighted by molar-refractivity contribution is 0.411. The Morgan fingerprint density at radius 2 is 2.17 bits per heavy atom. The van der Waals surface area contributed by atoms with Gasteiger partial charge in [0.25, 0.3) is 0 Å². The van der Waals surface area contributed by atoms with Crippen LogP contribution in [-0.2, 0) is 0 Å². The second-order valence-corrected chi connectivity index (χ2v) is 3.38. The topological polar surface area (TPSA) is 29.5 Å². The van der Waals surface area contributed by atoms with Crippen molar-refractivity contribution in [3.8, 4) is 11.5 Å². The third-order valence-electron chi connectivity index (χ3n) is 1.68. The molecule has 0 aliphatic rings. The number of hydrogen-bond donors (Lipinski definition) is 2. The molecule has 1 N–H and O–H groups in total. The minimum absolute atomic E-state index is 0.0140. The molecule has 1 aromatic carbocycles. The van der Waals surface area contributed by atoms with Crippen molar-refractivity contribution in [1.29, 1.82) is 0 Å². The molecule has 0 saturated carbocycles. The number of aromatic hydroxyl groups is 1. The summed E-state index contributed by atoms with van der Waals surface area (Å²) in [6.07, 6.45) is 0. The number of ether oxygens (including phenoxy) is 1. The fourth-order valence-electron chi connectivity index (χ4n) is 0.994. The van der Waals surface area contributed by atoms with Crippen molar-refractivity contribution >= 4 is 12.6 Å². The third-order valence-corrected chi connectivity index (χ3v) is 1.96. The average Bonchev–Trinajstić information content (AvgIpc) is 2.05. The van der Waals surface area contributed by atoms with E-state index >= 15 is 0 Å². The van der Waals surface area contributed by atoms with Crippen molar-refractivity contribution < 1.29 is 9.84 Å². The van der Waals surface area contributed by atoms with Gasteiger partial charge in [0.05, 0.1) is 7.11 Å². The van der Waals surface area contributed by atoms with Crippen LogP contribution in [0.3, 0.4) is 0 Å². The van der Waals surface area contributed by atoms with Gasteiger partial charge in [-0.2, -0.15) is 12.6 Å². The molecule has 0 radical (unpaired) electrons. The summed E-state index contributed by atoms with van der Waals surface area (Å²) in [5, 5.41) is 9.41. The molecule has 0 spiro atoms. The monoisotopic (exact) mass is 184 g/mol. The van der Waals surface area contributed by atoms with Gasteiger partial charge in [-0.15, -0.1) is 0 Å². The quantitative estimate of drug-likeness (QED) is 0.691. The Bertz CT molecular complexity index is 271. The van der Waals surface area contributed by atoms with Crippen LogP contribution in [0.25, 0.3) is 0 Å². The Labute approximate surface area is 77.6 Å². The number of hydrogen-bond acceptors (Lipinski definition) is 3. The van der Waals surface area contributed by atoms with E-state index in [0.717, 1.165) is 11.3 Å². The lowest BCUT2D eigenvalue weighted by Gasteiger charge is -2.08. The van der Waals surface area contributed by atoms with Crippen LogP contribution in [0.2, 0.25) is 0 Å². The summed E-state index contributed by atoms with van der Waals surface area (Å²) in [7, 11) is 1.60. The molecule has 1 atom stereocenters. The van der Waals surface area contributed by atoms with Crippen LogP contribution >= 0.6 is 12.6 Å². The highest BCUT2D eigenvalue weighted by Crippen LogP contribution is 2.31. The summed E-state index contributed by atoms with van der Waals surface area (Å²) < 4.78 is 5.01. The molecule has 0 amide bonds. The van der Waals surface area contributed by atoms with Gasteiger partial charge in [-0.05, 0) is 25.1 Å². The molecule has 1 unspecified atom stereocenters. The minimum atomic E-state index is 0.0140. The number of methoxy groups -OCH3 is 1. The van der Waals surface area contributed by atoms with Gasteiger partial charge in [0.1, 0.15) is 11.5 Å². The zero-order valence-electron chi connectivity index (χ0n) is 7.11. The summed E-state index contributed by atoms with van der Waals surface area (Å²) in [5.74, 6) is 1.00. The second kappa shape index (κ2) is 3.72. The van der Waals surface area contributed by atoms with Gasteiger partial charge in [0, 0.05) is 10.8 Å². The number of phenols is 1. The van der Waals surface area contributed by atoms with Crippen molar-refractivity contribution in [3.63, 3.8) is 0 Å². The van der Waals surface area contributed by atoms with Gasteiger partial charge in [-0.3, -0.25) is 0 Å². The fraction of sp³-hybridized carbons (Fsp3) is 0.333. The fourth-order valence-corrected chi connectivity index (χ4v) is 1.20. The molecule has 0 aromatic heterocycles. The Balaban J connectivity index is 3.08. The molecule has 0 aliphatic carbocycles. The van der Waals surface area contributed by atoms with Gasteiger partial charge >= 0.3 is 0 Å². The first-order valence-corrected chi connectivity index (χ1v) is 4.21. The first-order chi connectivity index (χ1) is 5.65. The molecular formula is C9H12O2S. The molecule has 0 aliphatic heterocycles. The number of phenolic OH excluding ortho intramolecular Hbond substituents is 1. The maximum absolute atomic E-state index is 9.40. The summed E-state index contributed by atoms with van der Waals surface area (Å²) >= 11 is 4.23. The van der Waals surface area contributed by atoms with Gasteiger partial charge in [0.2, 0.25) is 0 Å². The average molecular weight is 184 g/mol. The minimum Gasteiger partial charge on any atom is -0.508 e. The van der Waals surface area contributed by atoms with Crippen molar-refractivity contribution in [2.24, 2.45) is 0 Å². The molecule has 0 saturated heterocycles. The molecule has 1 rings (SSSR count). The predicted octanol–water partition coefficient (Wildman–Crippen LogP) is 2.39. The summed E-state index contributed by atoms with van der Waals surface area (Å²) in [4.78, 5) is 0. The molecular weight excluding hydrogens is 172 g/mol. The van der Waals surface area contributed by atoms with Crippen LogP contribution in [0.5, 0.6) is 11.5 Å². The van der Waals surface area contributed by atoms with Crippen LogP contribution in [0, 0.1) is 0 Å². The van der Waals surface area contributed by atoms with Crippen LogP contribution in [0.1, 0.15) is 17.7 Å².